The average molecular weight is 495 g/mol. The third kappa shape index (κ3) is 5.59. The third-order valence-electron chi connectivity index (χ3n) is 5.89. The van der Waals surface area contributed by atoms with Gasteiger partial charge in [-0.15, -0.1) is 0 Å². The number of sulfonamides is 1. The summed E-state index contributed by atoms with van der Waals surface area (Å²) in [5, 5.41) is 2.80. The SMILES string of the molecule is CCc1ccc(OCCNC(=O)[C@H]2CN(S(=O)(=O)c3ccc(C)cc3)c3cc(C)ccc3O2)cc1. The lowest BCUT2D eigenvalue weighted by Crippen LogP contribution is -2.51. The van der Waals surface area contributed by atoms with Gasteiger partial charge in [0.1, 0.15) is 18.1 Å². The van der Waals surface area contributed by atoms with Crippen molar-refractivity contribution < 1.29 is 22.7 Å². The highest BCUT2D eigenvalue weighted by Crippen LogP contribution is 2.37. The maximum Gasteiger partial charge on any atom is 0.264 e. The van der Waals surface area contributed by atoms with Gasteiger partial charge >= 0.3 is 0 Å². The Balaban J connectivity index is 1.46. The molecule has 0 unspecified atom stereocenters. The maximum atomic E-state index is 13.5. The summed E-state index contributed by atoms with van der Waals surface area (Å²) in [6.07, 6.45) is -0.0360. The van der Waals surface area contributed by atoms with Gasteiger partial charge in [-0.05, 0) is 67.8 Å². The molecule has 3 aromatic rings. The van der Waals surface area contributed by atoms with Crippen LogP contribution >= 0.6 is 0 Å². The number of carbonyl (C=O) groups is 1. The molecule has 0 saturated heterocycles. The zero-order valence-electron chi connectivity index (χ0n) is 20.2. The largest absolute Gasteiger partial charge is 0.492 e. The molecule has 184 valence electrons. The first-order chi connectivity index (χ1) is 16.8. The van der Waals surface area contributed by atoms with E-state index in [4.69, 9.17) is 9.47 Å². The van der Waals surface area contributed by atoms with Gasteiger partial charge in [-0.2, -0.15) is 0 Å². The summed E-state index contributed by atoms with van der Waals surface area (Å²) in [6.45, 7) is 6.29. The Morgan fingerprint density at radius 3 is 2.40 bits per heavy atom. The molecular formula is C27H30N2O5S. The lowest BCUT2D eigenvalue weighted by atomic mass is 10.1. The Kier molecular flexibility index (Phi) is 7.31. The molecule has 1 amide bonds. The van der Waals surface area contributed by atoms with Crippen molar-refractivity contribution in [2.24, 2.45) is 0 Å². The van der Waals surface area contributed by atoms with Crippen molar-refractivity contribution >= 4 is 21.6 Å². The van der Waals surface area contributed by atoms with E-state index in [0.29, 0.717) is 11.4 Å². The number of carbonyl (C=O) groups excluding carboxylic acids is 1. The molecule has 0 radical (unpaired) electrons. The molecular weight excluding hydrogens is 464 g/mol. The standard InChI is InChI=1S/C27H30N2O5S/c1-4-21-8-10-22(11-9-21)33-16-15-28-27(30)26-18-29(24-17-20(3)7-14-25(24)34-26)35(31,32)23-12-5-19(2)6-13-23/h5-14,17,26H,4,15-16,18H2,1-3H3,(H,28,30)/t26-/m1/s1. The molecule has 0 bridgehead atoms. The van der Waals surface area contributed by atoms with E-state index in [2.05, 4.69) is 12.2 Å². The molecule has 0 fully saturated rings. The lowest BCUT2D eigenvalue weighted by Gasteiger charge is -2.35. The Morgan fingerprint density at radius 1 is 1.03 bits per heavy atom. The van der Waals surface area contributed by atoms with Crippen LogP contribution < -0.4 is 19.1 Å². The zero-order valence-corrected chi connectivity index (χ0v) is 21.0. The second-order valence-corrected chi connectivity index (χ2v) is 10.4. The Labute approximate surface area is 206 Å². The minimum Gasteiger partial charge on any atom is -0.492 e. The van der Waals surface area contributed by atoms with E-state index < -0.39 is 22.0 Å². The molecule has 0 spiro atoms. The van der Waals surface area contributed by atoms with E-state index in [9.17, 15) is 13.2 Å². The molecule has 4 rings (SSSR count). The highest BCUT2D eigenvalue weighted by molar-refractivity contribution is 7.92. The number of amides is 1. The molecule has 0 saturated carbocycles. The van der Waals surface area contributed by atoms with Crippen LogP contribution in [0.15, 0.2) is 71.6 Å². The Hall–Kier alpha value is -3.52. The summed E-state index contributed by atoms with van der Waals surface area (Å²) in [7, 11) is -3.89. The minimum absolute atomic E-state index is 0.127. The molecule has 35 heavy (non-hydrogen) atoms. The molecule has 0 aliphatic carbocycles. The van der Waals surface area contributed by atoms with Crippen molar-refractivity contribution in [2.45, 2.75) is 38.2 Å². The highest BCUT2D eigenvalue weighted by atomic mass is 32.2. The van der Waals surface area contributed by atoms with Crippen LogP contribution in [-0.2, 0) is 21.2 Å². The van der Waals surface area contributed by atoms with Gasteiger partial charge in [-0.25, -0.2) is 8.42 Å². The van der Waals surface area contributed by atoms with Gasteiger partial charge in [0.15, 0.2) is 6.10 Å². The summed E-state index contributed by atoms with van der Waals surface area (Å²) in [6, 6.07) is 19.8. The number of hydrogen-bond donors (Lipinski definition) is 1. The molecule has 3 aromatic carbocycles. The molecule has 8 heteroatoms. The fourth-order valence-electron chi connectivity index (χ4n) is 3.84. The molecule has 1 atom stereocenters. The molecule has 1 N–H and O–H groups in total. The second kappa shape index (κ2) is 10.4. The van der Waals surface area contributed by atoms with Crippen LogP contribution in [0.4, 0.5) is 5.69 Å². The number of anilines is 1. The first kappa shape index (κ1) is 24.6. The van der Waals surface area contributed by atoms with Crippen molar-refractivity contribution in [3.8, 4) is 11.5 Å². The second-order valence-electron chi connectivity index (χ2n) is 8.56. The fourth-order valence-corrected chi connectivity index (χ4v) is 5.31. The van der Waals surface area contributed by atoms with Gasteiger partial charge in [0.25, 0.3) is 15.9 Å². The van der Waals surface area contributed by atoms with Gasteiger partial charge in [0.2, 0.25) is 0 Å². The van der Waals surface area contributed by atoms with Gasteiger partial charge in [-0.1, -0.05) is 42.8 Å². The van der Waals surface area contributed by atoms with E-state index in [0.717, 1.165) is 23.3 Å². The number of fused-ring (bicyclic) bond motifs is 1. The predicted molar refractivity (Wildman–Crippen MR) is 136 cm³/mol. The number of nitrogens with zero attached hydrogens (tertiary/aromatic N) is 1. The monoisotopic (exact) mass is 494 g/mol. The smallest absolute Gasteiger partial charge is 0.264 e. The van der Waals surface area contributed by atoms with Crippen LogP contribution in [0.2, 0.25) is 0 Å². The summed E-state index contributed by atoms with van der Waals surface area (Å²) in [4.78, 5) is 13.1. The van der Waals surface area contributed by atoms with Crippen molar-refractivity contribution in [2.75, 3.05) is 24.0 Å². The van der Waals surface area contributed by atoms with Crippen LogP contribution in [-0.4, -0.2) is 40.1 Å². The summed E-state index contributed by atoms with van der Waals surface area (Å²) < 4.78 is 39.9. The Bertz CT molecular complexity index is 1290. The van der Waals surface area contributed by atoms with Crippen LogP contribution in [0.25, 0.3) is 0 Å². The molecule has 1 heterocycles. The van der Waals surface area contributed by atoms with Crippen molar-refractivity contribution in [3.63, 3.8) is 0 Å². The van der Waals surface area contributed by atoms with Crippen LogP contribution in [0.5, 0.6) is 11.5 Å². The van der Waals surface area contributed by atoms with E-state index in [-0.39, 0.29) is 24.6 Å². The van der Waals surface area contributed by atoms with Gasteiger partial charge in [0.05, 0.1) is 23.7 Å². The number of aryl methyl sites for hydroxylation is 3. The highest BCUT2D eigenvalue weighted by Gasteiger charge is 2.37. The number of nitrogens with one attached hydrogen (secondary N) is 1. The topological polar surface area (TPSA) is 84.9 Å². The van der Waals surface area contributed by atoms with Gasteiger partial charge in [0, 0.05) is 0 Å². The quantitative estimate of drug-likeness (QED) is 0.478. The van der Waals surface area contributed by atoms with Crippen LogP contribution in [0, 0.1) is 13.8 Å². The van der Waals surface area contributed by atoms with Gasteiger partial charge in [-0.3, -0.25) is 9.10 Å². The van der Waals surface area contributed by atoms with Crippen molar-refractivity contribution in [1.82, 2.24) is 5.32 Å². The fraction of sp³-hybridized carbons (Fsp3) is 0.296. The lowest BCUT2D eigenvalue weighted by molar-refractivity contribution is -0.127. The minimum atomic E-state index is -3.89. The van der Waals surface area contributed by atoms with Crippen molar-refractivity contribution in [3.05, 3.63) is 83.4 Å². The number of hydrogen-bond acceptors (Lipinski definition) is 5. The van der Waals surface area contributed by atoms with Crippen LogP contribution in [0.1, 0.15) is 23.6 Å². The van der Waals surface area contributed by atoms with E-state index in [1.54, 1.807) is 36.4 Å². The maximum absolute atomic E-state index is 13.5. The van der Waals surface area contributed by atoms with E-state index in [1.807, 2.05) is 44.2 Å². The van der Waals surface area contributed by atoms with E-state index in [1.165, 1.54) is 9.87 Å². The first-order valence-electron chi connectivity index (χ1n) is 11.6. The summed E-state index contributed by atoms with van der Waals surface area (Å²) >= 11 is 0. The number of rotatable bonds is 8. The summed E-state index contributed by atoms with van der Waals surface area (Å²) in [5.41, 5.74) is 3.50. The molecule has 1 aliphatic heterocycles. The first-order valence-corrected chi connectivity index (χ1v) is 13.1. The molecule has 1 aliphatic rings. The molecule has 0 aromatic heterocycles. The Morgan fingerprint density at radius 2 is 1.71 bits per heavy atom. The van der Waals surface area contributed by atoms with E-state index >= 15 is 0 Å². The number of ether oxygens (including phenoxy) is 2. The van der Waals surface area contributed by atoms with Crippen LogP contribution in [0.3, 0.4) is 0 Å². The summed E-state index contributed by atoms with van der Waals surface area (Å²) in [5.74, 6) is 0.681. The zero-order chi connectivity index (χ0) is 25.0. The third-order valence-corrected chi connectivity index (χ3v) is 7.68. The molecule has 7 nitrogen and oxygen atoms in total. The predicted octanol–water partition coefficient (Wildman–Crippen LogP) is 4.02. The van der Waals surface area contributed by atoms with Gasteiger partial charge < -0.3 is 14.8 Å². The normalized spacial score (nSPS) is 15.2. The number of benzene rings is 3. The van der Waals surface area contributed by atoms with Crippen molar-refractivity contribution in [1.29, 1.82) is 0 Å². The average Bonchev–Trinajstić information content (AvgIpc) is 2.86.